The summed E-state index contributed by atoms with van der Waals surface area (Å²) in [5.74, 6) is 1.72. The Morgan fingerprint density at radius 2 is 1.11 bits per heavy atom. The van der Waals surface area contributed by atoms with Gasteiger partial charge in [-0.15, -0.1) is 11.3 Å². The first-order chi connectivity index (χ1) is 31.3. The van der Waals surface area contributed by atoms with E-state index in [1.165, 1.54) is 49.7 Å². The summed E-state index contributed by atoms with van der Waals surface area (Å²) in [5.41, 5.74) is 2.50. The van der Waals surface area contributed by atoms with Crippen LogP contribution >= 0.6 is 38.6 Å². The Labute approximate surface area is 418 Å². The molecule has 2 aromatic carbocycles. The number of aromatic nitrogens is 2. The normalized spacial score (nSPS) is 15.0. The Bertz CT molecular complexity index is 2000. The summed E-state index contributed by atoms with van der Waals surface area (Å²) in [5, 5.41) is 5.14. The van der Waals surface area contributed by atoms with Gasteiger partial charge in [0.05, 0.1) is 10.0 Å². The minimum absolute atomic E-state index is 0.0927. The van der Waals surface area contributed by atoms with Gasteiger partial charge in [-0.2, -0.15) is 0 Å². The maximum Gasteiger partial charge on any atom is 0.410 e. The molecule has 66 heavy (non-hydrogen) atoms. The first kappa shape index (κ1) is 55.7. The second-order valence-electron chi connectivity index (χ2n) is 19.8. The zero-order chi connectivity index (χ0) is 48.3. The van der Waals surface area contributed by atoms with Crippen molar-refractivity contribution in [2.24, 2.45) is 0 Å². The third-order valence-corrected chi connectivity index (χ3v) is 31.7. The Kier molecular flexibility index (Phi) is 23.1. The van der Waals surface area contributed by atoms with Crippen molar-refractivity contribution in [2.75, 3.05) is 26.2 Å². The molecule has 366 valence electrons. The van der Waals surface area contributed by atoms with E-state index >= 15 is 0 Å². The topological polar surface area (TPSA) is 103 Å². The summed E-state index contributed by atoms with van der Waals surface area (Å²) in [4.78, 5) is 36.9. The second kappa shape index (κ2) is 27.3. The average molecular weight is 1120 g/mol. The molecule has 4 aromatic rings. The molecule has 6 rings (SSSR count). The van der Waals surface area contributed by atoms with Gasteiger partial charge < -0.3 is 28.7 Å². The van der Waals surface area contributed by atoms with Gasteiger partial charge in [0.2, 0.25) is 0 Å². The van der Waals surface area contributed by atoms with Crippen LogP contribution in [0.2, 0.25) is 13.3 Å². The fraction of sp³-hybridized carbons (Fsp3) is 0.615. The van der Waals surface area contributed by atoms with Gasteiger partial charge in [0.15, 0.2) is 0 Å². The molecule has 2 amide bonds. The number of benzene rings is 2. The number of amides is 2. The van der Waals surface area contributed by atoms with E-state index in [1.54, 1.807) is 37.5 Å². The summed E-state index contributed by atoms with van der Waals surface area (Å²) in [6.07, 6.45) is 15.2. The van der Waals surface area contributed by atoms with Crippen LogP contribution < -0.4 is 12.5 Å². The number of nitrogens with zero attached hydrogens (tertiary/aromatic N) is 4. The van der Waals surface area contributed by atoms with E-state index in [9.17, 15) is 9.59 Å². The van der Waals surface area contributed by atoms with Crippen LogP contribution in [-0.2, 0) is 9.47 Å². The molecule has 2 aliphatic heterocycles. The number of piperidine rings is 2. The van der Waals surface area contributed by atoms with Gasteiger partial charge in [-0.25, -0.2) is 14.6 Å². The van der Waals surface area contributed by atoms with E-state index < -0.39 is 29.6 Å². The molecule has 14 heteroatoms. The molecule has 4 heterocycles. The van der Waals surface area contributed by atoms with Crippen LogP contribution in [0, 0.1) is 13.8 Å². The van der Waals surface area contributed by atoms with Crippen LogP contribution in [0.25, 0.3) is 10.6 Å². The fourth-order valence-corrected chi connectivity index (χ4v) is 28.5. The molecule has 0 saturated carbocycles. The molecule has 0 radical (unpaired) electrons. The Morgan fingerprint density at radius 1 is 0.667 bits per heavy atom. The number of thiazole rings is 2. The monoisotopic (exact) mass is 1120 g/mol. The Morgan fingerprint density at radius 3 is 1.52 bits per heavy atom. The number of ether oxygens (including phenoxy) is 4. The van der Waals surface area contributed by atoms with E-state index in [0.29, 0.717) is 26.2 Å². The Hall–Kier alpha value is -2.88. The van der Waals surface area contributed by atoms with E-state index in [0.717, 1.165) is 52.2 Å². The van der Waals surface area contributed by atoms with Crippen LogP contribution in [0.1, 0.15) is 138 Å². The van der Waals surface area contributed by atoms with Crippen LogP contribution in [0.4, 0.5) is 9.59 Å². The summed E-state index contributed by atoms with van der Waals surface area (Å²) < 4.78 is 30.4. The minimum Gasteiger partial charge on any atom is -0.490 e. The average Bonchev–Trinajstić information content (AvgIpc) is 4.02. The van der Waals surface area contributed by atoms with Gasteiger partial charge in [-0.3, -0.25) is 0 Å². The van der Waals surface area contributed by atoms with Gasteiger partial charge in [-0.05, 0) is 101 Å². The SMILES string of the molecule is CCC[CH2][Sn]([CH2]CCC)([CH2]CCC)[c]1nccs1.Cc1ccc(OC2CCN(C(=O)OC(C)(C)C)CC2)c(-c2nccs2)c1.Cc1ccc(OC2CCN(C(=O)OC(C)(C)C)CC2)c(Br)c1. The van der Waals surface area contributed by atoms with Crippen LogP contribution in [0.5, 0.6) is 11.5 Å². The first-order valence-corrected chi connectivity index (χ1v) is 34.3. The molecule has 2 aliphatic rings. The minimum atomic E-state index is -2.12. The van der Waals surface area contributed by atoms with Crippen LogP contribution in [-0.4, -0.2) is 99.9 Å². The Balaban J connectivity index is 0.000000220. The van der Waals surface area contributed by atoms with Gasteiger partial charge in [0, 0.05) is 63.4 Å². The zero-order valence-corrected chi connectivity index (χ0v) is 48.0. The quantitative estimate of drug-likeness (QED) is 0.108. The summed E-state index contributed by atoms with van der Waals surface area (Å²) >= 11 is 4.98. The number of likely N-dealkylation sites (tertiary alicyclic amines) is 2. The summed E-state index contributed by atoms with van der Waals surface area (Å²) in [6, 6.07) is 12.3. The van der Waals surface area contributed by atoms with Gasteiger partial charge in [0.1, 0.15) is 39.9 Å². The molecule has 0 aliphatic carbocycles. The maximum atomic E-state index is 12.2. The van der Waals surface area contributed by atoms with Crippen molar-refractivity contribution in [3.05, 3.63) is 75.2 Å². The van der Waals surface area contributed by atoms with Crippen molar-refractivity contribution in [2.45, 2.75) is 177 Å². The van der Waals surface area contributed by atoms with Gasteiger partial charge >= 0.3 is 134 Å². The molecule has 10 nitrogen and oxygen atoms in total. The fourth-order valence-electron chi connectivity index (χ4n) is 8.02. The van der Waals surface area contributed by atoms with Crippen molar-refractivity contribution in [3.8, 4) is 22.1 Å². The summed E-state index contributed by atoms with van der Waals surface area (Å²) in [6.45, 7) is 25.1. The molecule has 0 spiro atoms. The molecule has 2 fully saturated rings. The smallest absolute Gasteiger partial charge is 0.410 e. The van der Waals surface area contributed by atoms with Crippen molar-refractivity contribution >= 4 is 72.2 Å². The number of hydrogen-bond acceptors (Lipinski definition) is 10. The maximum absolute atomic E-state index is 12.2. The predicted octanol–water partition coefficient (Wildman–Crippen LogP) is 14.6. The van der Waals surface area contributed by atoms with Crippen molar-refractivity contribution < 1.29 is 28.5 Å². The van der Waals surface area contributed by atoms with E-state index in [4.69, 9.17) is 23.9 Å². The number of carbonyl (C=O) groups excluding carboxylic acids is 2. The molecule has 2 aromatic heterocycles. The summed E-state index contributed by atoms with van der Waals surface area (Å²) in [7, 11) is 0. The standard InChI is InChI=1S/C20H26N2O3S.C17H24BrNO3.3C4H9.C3H2NS.Sn/c1-14-5-6-17(16(13-14)18-21-9-12-26-18)24-15-7-10-22(11-8-15)19(23)25-20(2,3)4;1-12-5-6-15(14(18)11-12)21-13-7-9-19(10-8-13)16(20)22-17(2,3)4;3*1-3-4-2;1-2-5-3-4-1;/h5-6,9,12-13,15H,7-8,10-11H2,1-4H3;5-6,11,13H,7-10H2,1-4H3;3*1,3-4H2,2H3;1-2H;. The predicted molar refractivity (Wildman–Crippen MR) is 281 cm³/mol. The molecule has 2 saturated heterocycles. The second-order valence-corrected chi connectivity index (χ2v) is 36.4. The largest absolute Gasteiger partial charge is 0.490 e. The number of carbonyl (C=O) groups is 2. The molecule has 0 unspecified atom stereocenters. The van der Waals surface area contributed by atoms with E-state index in [1.807, 2.05) is 102 Å². The van der Waals surface area contributed by atoms with Crippen LogP contribution in [0.15, 0.2) is 64.0 Å². The number of halogens is 1. The number of hydrogen-bond donors (Lipinski definition) is 0. The van der Waals surface area contributed by atoms with Crippen molar-refractivity contribution in [1.82, 2.24) is 19.8 Å². The molecular weight excluding hydrogens is 1040 g/mol. The molecule has 0 N–H and O–H groups in total. The number of aryl methyl sites for hydroxylation is 2. The van der Waals surface area contributed by atoms with Gasteiger partial charge in [0.25, 0.3) is 0 Å². The van der Waals surface area contributed by atoms with E-state index in [2.05, 4.69) is 66.1 Å². The van der Waals surface area contributed by atoms with Gasteiger partial charge in [-0.1, -0.05) is 17.7 Å². The molecule has 0 bridgehead atoms. The molecule has 0 atom stereocenters. The van der Waals surface area contributed by atoms with Crippen molar-refractivity contribution in [1.29, 1.82) is 0 Å². The van der Waals surface area contributed by atoms with Crippen molar-refractivity contribution in [3.63, 3.8) is 0 Å². The number of rotatable bonds is 15. The third-order valence-electron chi connectivity index (χ3n) is 11.6. The zero-order valence-electron chi connectivity index (χ0n) is 41.9. The molecular formula is C52H79BrN4O6S2Sn. The van der Waals surface area contributed by atoms with E-state index in [-0.39, 0.29) is 24.4 Å². The number of unbranched alkanes of at least 4 members (excludes halogenated alkanes) is 3. The van der Waals surface area contributed by atoms with Crippen LogP contribution in [0.3, 0.4) is 0 Å². The first-order valence-electron chi connectivity index (χ1n) is 24.3. The third kappa shape index (κ3) is 18.9.